The lowest BCUT2D eigenvalue weighted by molar-refractivity contribution is 0.628. The summed E-state index contributed by atoms with van der Waals surface area (Å²) in [4.78, 5) is 8.55. The largest absolute Gasteiger partial charge is 0.354 e. The molecule has 0 aliphatic heterocycles. The van der Waals surface area contributed by atoms with Gasteiger partial charge in [0.2, 0.25) is 5.95 Å². The Labute approximate surface area is 99.7 Å². The Morgan fingerprint density at radius 3 is 2.88 bits per heavy atom. The molecule has 0 spiro atoms. The molecule has 0 amide bonds. The predicted molar refractivity (Wildman–Crippen MR) is 66.3 cm³/mol. The fraction of sp³-hybridized carbons (Fsp3) is 0.231. The van der Waals surface area contributed by atoms with Gasteiger partial charge in [-0.1, -0.05) is 12.1 Å². The average molecular weight is 231 g/mol. The number of rotatable bonds is 3. The lowest BCUT2D eigenvalue weighted by Crippen LogP contribution is -2.03. The highest BCUT2D eigenvalue weighted by atomic mass is 19.1. The highest BCUT2D eigenvalue weighted by Gasteiger charge is 2.06. The van der Waals surface area contributed by atoms with E-state index in [0.29, 0.717) is 5.95 Å². The van der Waals surface area contributed by atoms with E-state index in [1.807, 2.05) is 19.9 Å². The first kappa shape index (κ1) is 11.5. The van der Waals surface area contributed by atoms with E-state index in [1.165, 1.54) is 12.1 Å². The van der Waals surface area contributed by atoms with Crippen molar-refractivity contribution < 1.29 is 4.39 Å². The highest BCUT2D eigenvalue weighted by molar-refractivity contribution is 5.63. The fourth-order valence-corrected chi connectivity index (χ4v) is 1.61. The van der Waals surface area contributed by atoms with Crippen LogP contribution in [0, 0.1) is 12.7 Å². The quantitative estimate of drug-likeness (QED) is 0.882. The normalized spacial score (nSPS) is 10.3. The number of aryl methyl sites for hydroxylation is 1. The Hall–Kier alpha value is -1.97. The van der Waals surface area contributed by atoms with E-state index in [1.54, 1.807) is 12.3 Å². The Morgan fingerprint density at radius 1 is 1.35 bits per heavy atom. The smallest absolute Gasteiger partial charge is 0.223 e. The van der Waals surface area contributed by atoms with E-state index in [9.17, 15) is 4.39 Å². The van der Waals surface area contributed by atoms with Crippen molar-refractivity contribution in [1.29, 1.82) is 0 Å². The highest BCUT2D eigenvalue weighted by Crippen LogP contribution is 2.22. The third-order valence-electron chi connectivity index (χ3n) is 2.40. The molecule has 0 fully saturated rings. The van der Waals surface area contributed by atoms with Crippen molar-refractivity contribution in [3.05, 3.63) is 41.8 Å². The molecule has 0 aliphatic carbocycles. The number of aromatic nitrogens is 2. The van der Waals surface area contributed by atoms with Crippen LogP contribution in [0.5, 0.6) is 0 Å². The Balaban J connectivity index is 2.46. The first-order valence-corrected chi connectivity index (χ1v) is 5.54. The van der Waals surface area contributed by atoms with Crippen LogP contribution in [0.4, 0.5) is 10.3 Å². The van der Waals surface area contributed by atoms with Crippen LogP contribution in [0.25, 0.3) is 11.3 Å². The van der Waals surface area contributed by atoms with E-state index >= 15 is 0 Å². The zero-order valence-corrected chi connectivity index (χ0v) is 9.87. The third kappa shape index (κ3) is 2.58. The average Bonchev–Trinajstić information content (AvgIpc) is 2.32. The van der Waals surface area contributed by atoms with Crippen LogP contribution in [-0.4, -0.2) is 16.5 Å². The number of anilines is 1. The molecule has 1 N–H and O–H groups in total. The molecule has 88 valence electrons. The molecule has 0 radical (unpaired) electrons. The topological polar surface area (TPSA) is 37.8 Å². The summed E-state index contributed by atoms with van der Waals surface area (Å²) in [6, 6.07) is 6.42. The van der Waals surface area contributed by atoms with E-state index in [0.717, 1.165) is 23.4 Å². The molecule has 1 aromatic heterocycles. The lowest BCUT2D eigenvalue weighted by Gasteiger charge is -2.07. The number of nitrogens with one attached hydrogen (secondary N) is 1. The molecule has 2 aromatic rings. The lowest BCUT2D eigenvalue weighted by atomic mass is 10.1. The predicted octanol–water partition coefficient (Wildman–Crippen LogP) is 3.02. The first-order chi connectivity index (χ1) is 8.20. The minimum Gasteiger partial charge on any atom is -0.354 e. The van der Waals surface area contributed by atoms with Crippen LogP contribution in [0.2, 0.25) is 0 Å². The minimum absolute atomic E-state index is 0.259. The van der Waals surface area contributed by atoms with Gasteiger partial charge >= 0.3 is 0 Å². The molecule has 4 heteroatoms. The molecule has 3 nitrogen and oxygen atoms in total. The molecule has 1 heterocycles. The zero-order chi connectivity index (χ0) is 12.3. The van der Waals surface area contributed by atoms with Gasteiger partial charge in [0.15, 0.2) is 0 Å². The maximum absolute atomic E-state index is 13.2. The summed E-state index contributed by atoms with van der Waals surface area (Å²) in [6.45, 7) is 4.65. The fourth-order valence-electron chi connectivity index (χ4n) is 1.61. The molecule has 0 atom stereocenters. The second-order valence-corrected chi connectivity index (χ2v) is 3.77. The van der Waals surface area contributed by atoms with Crippen LogP contribution < -0.4 is 5.32 Å². The number of hydrogen-bond acceptors (Lipinski definition) is 3. The summed E-state index contributed by atoms with van der Waals surface area (Å²) in [7, 11) is 0. The summed E-state index contributed by atoms with van der Waals surface area (Å²) in [5, 5.41) is 3.04. The van der Waals surface area contributed by atoms with Crippen LogP contribution >= 0.6 is 0 Å². The van der Waals surface area contributed by atoms with Gasteiger partial charge in [-0.2, -0.15) is 0 Å². The van der Waals surface area contributed by atoms with E-state index in [-0.39, 0.29) is 5.82 Å². The Kier molecular flexibility index (Phi) is 3.32. The van der Waals surface area contributed by atoms with Gasteiger partial charge in [0.25, 0.3) is 0 Å². The van der Waals surface area contributed by atoms with Gasteiger partial charge in [-0.05, 0) is 31.5 Å². The minimum atomic E-state index is -0.259. The number of benzene rings is 1. The SMILES string of the molecule is CCNc1ncc(C)c(-c2cccc(F)c2)n1. The van der Waals surface area contributed by atoms with Gasteiger partial charge in [-0.3, -0.25) is 0 Å². The zero-order valence-electron chi connectivity index (χ0n) is 9.87. The van der Waals surface area contributed by atoms with Gasteiger partial charge < -0.3 is 5.32 Å². The van der Waals surface area contributed by atoms with Crippen molar-refractivity contribution in [3.63, 3.8) is 0 Å². The molecule has 0 bridgehead atoms. The summed E-state index contributed by atoms with van der Waals surface area (Å²) >= 11 is 0. The molecule has 0 aliphatic rings. The van der Waals surface area contributed by atoms with Crippen molar-refractivity contribution in [2.75, 3.05) is 11.9 Å². The Bertz CT molecular complexity index is 526. The van der Waals surface area contributed by atoms with Gasteiger partial charge in [-0.15, -0.1) is 0 Å². The van der Waals surface area contributed by atoms with Crippen molar-refractivity contribution in [2.45, 2.75) is 13.8 Å². The summed E-state index contributed by atoms with van der Waals surface area (Å²) in [5.74, 6) is 0.308. The van der Waals surface area contributed by atoms with Crippen molar-refractivity contribution in [3.8, 4) is 11.3 Å². The third-order valence-corrected chi connectivity index (χ3v) is 2.40. The van der Waals surface area contributed by atoms with Crippen LogP contribution in [0.3, 0.4) is 0 Å². The van der Waals surface area contributed by atoms with Gasteiger partial charge in [0.05, 0.1) is 5.69 Å². The van der Waals surface area contributed by atoms with Crippen molar-refractivity contribution >= 4 is 5.95 Å². The van der Waals surface area contributed by atoms with E-state index in [4.69, 9.17) is 0 Å². The molecule has 0 saturated heterocycles. The number of nitrogens with zero attached hydrogens (tertiary/aromatic N) is 2. The second kappa shape index (κ2) is 4.91. The molecular weight excluding hydrogens is 217 g/mol. The van der Waals surface area contributed by atoms with Gasteiger partial charge in [-0.25, -0.2) is 14.4 Å². The Morgan fingerprint density at radius 2 is 2.18 bits per heavy atom. The van der Waals surface area contributed by atoms with Crippen molar-refractivity contribution in [2.24, 2.45) is 0 Å². The molecule has 0 saturated carbocycles. The molecule has 2 rings (SSSR count). The maximum atomic E-state index is 13.2. The van der Waals surface area contributed by atoms with Gasteiger partial charge in [0, 0.05) is 18.3 Å². The molecule has 0 unspecified atom stereocenters. The maximum Gasteiger partial charge on any atom is 0.223 e. The van der Waals surface area contributed by atoms with Crippen LogP contribution in [0.1, 0.15) is 12.5 Å². The standard InChI is InChI=1S/C13H14FN3/c1-3-15-13-16-8-9(2)12(17-13)10-5-4-6-11(14)7-10/h4-8H,3H2,1-2H3,(H,15,16,17). The summed E-state index contributed by atoms with van der Waals surface area (Å²) < 4.78 is 13.2. The summed E-state index contributed by atoms with van der Waals surface area (Å²) in [5.41, 5.74) is 2.46. The molecule has 1 aromatic carbocycles. The summed E-state index contributed by atoms with van der Waals surface area (Å²) in [6.07, 6.45) is 1.74. The number of hydrogen-bond donors (Lipinski definition) is 1. The second-order valence-electron chi connectivity index (χ2n) is 3.77. The first-order valence-electron chi connectivity index (χ1n) is 5.54. The van der Waals surface area contributed by atoms with Crippen LogP contribution in [0.15, 0.2) is 30.5 Å². The van der Waals surface area contributed by atoms with E-state index < -0.39 is 0 Å². The van der Waals surface area contributed by atoms with E-state index in [2.05, 4.69) is 15.3 Å². The van der Waals surface area contributed by atoms with Gasteiger partial charge in [0.1, 0.15) is 5.82 Å². The number of halogens is 1. The molecule has 17 heavy (non-hydrogen) atoms. The molecular formula is C13H14FN3. The van der Waals surface area contributed by atoms with Crippen molar-refractivity contribution in [1.82, 2.24) is 9.97 Å². The van der Waals surface area contributed by atoms with Crippen LogP contribution in [-0.2, 0) is 0 Å². The monoisotopic (exact) mass is 231 g/mol.